The van der Waals surface area contributed by atoms with Gasteiger partial charge in [0, 0.05) is 14.1 Å². The molecule has 0 bridgehead atoms. The van der Waals surface area contributed by atoms with Crippen molar-refractivity contribution < 1.29 is 13.9 Å². The summed E-state index contributed by atoms with van der Waals surface area (Å²) in [5.41, 5.74) is -0.858. The lowest BCUT2D eigenvalue weighted by atomic mass is 10.3. The van der Waals surface area contributed by atoms with E-state index in [2.05, 4.69) is 4.98 Å². The van der Waals surface area contributed by atoms with Gasteiger partial charge in [0.1, 0.15) is 6.54 Å². The van der Waals surface area contributed by atoms with E-state index in [4.69, 9.17) is 4.74 Å². The van der Waals surface area contributed by atoms with Crippen LogP contribution in [-0.2, 0) is 25.4 Å². The van der Waals surface area contributed by atoms with Gasteiger partial charge in [-0.05, 0) is 12.1 Å². The number of rotatable bonds is 3. The van der Waals surface area contributed by atoms with Crippen LogP contribution in [0.5, 0.6) is 5.75 Å². The maximum atomic E-state index is 13.5. The number of hydrogen-bond donors (Lipinski definition) is 0. The molecule has 0 atom stereocenters. The molecule has 0 saturated heterocycles. The third kappa shape index (κ3) is 2.49. The Hall–Kier alpha value is -3.23. The number of aryl methyl sites for hydroxylation is 1. The van der Waals surface area contributed by atoms with E-state index >= 15 is 0 Å². The Morgan fingerprint density at radius 2 is 1.92 bits per heavy atom. The minimum absolute atomic E-state index is 0.0880. The van der Waals surface area contributed by atoms with Crippen LogP contribution in [0.1, 0.15) is 0 Å². The number of hydrogen-bond acceptors (Lipinski definition) is 5. The van der Waals surface area contributed by atoms with E-state index < -0.39 is 23.0 Å². The van der Waals surface area contributed by atoms with Crippen LogP contribution in [0.2, 0.25) is 0 Å². The standard InChI is InChI=1S/C15H13FN4O4/c1-18-13-12(14(22)19(2)15(18)23)20(8-17-13)7-11(21)24-10-6-4-3-5-9(10)16/h3-6,8H,7H2,1-2H3. The summed E-state index contributed by atoms with van der Waals surface area (Å²) in [5.74, 6) is -1.64. The van der Waals surface area contributed by atoms with Crippen LogP contribution in [0.15, 0.2) is 40.2 Å². The first-order valence-electron chi connectivity index (χ1n) is 6.96. The highest BCUT2D eigenvalue weighted by molar-refractivity contribution is 5.76. The minimum Gasteiger partial charge on any atom is -0.422 e. The number of carbonyl (C=O) groups excluding carboxylic acids is 1. The molecular weight excluding hydrogens is 319 g/mol. The molecule has 3 rings (SSSR count). The zero-order valence-electron chi connectivity index (χ0n) is 12.9. The maximum Gasteiger partial charge on any atom is 0.332 e. The fraction of sp³-hybridized carbons (Fsp3) is 0.200. The topological polar surface area (TPSA) is 88.1 Å². The summed E-state index contributed by atoms with van der Waals surface area (Å²) < 4.78 is 21.8. The highest BCUT2D eigenvalue weighted by Gasteiger charge is 2.17. The average Bonchev–Trinajstić information content (AvgIpc) is 2.96. The van der Waals surface area contributed by atoms with Crippen LogP contribution >= 0.6 is 0 Å². The van der Waals surface area contributed by atoms with Crippen molar-refractivity contribution in [3.05, 3.63) is 57.2 Å². The largest absolute Gasteiger partial charge is 0.422 e. The molecule has 0 fully saturated rings. The van der Waals surface area contributed by atoms with Crippen LogP contribution in [-0.4, -0.2) is 24.7 Å². The molecule has 0 spiro atoms. The molecule has 124 valence electrons. The Balaban J connectivity index is 1.97. The number of aromatic nitrogens is 4. The first kappa shape index (κ1) is 15.7. The number of nitrogens with zero attached hydrogens (tertiary/aromatic N) is 4. The molecule has 0 N–H and O–H groups in total. The fourth-order valence-corrected chi connectivity index (χ4v) is 2.34. The fourth-order valence-electron chi connectivity index (χ4n) is 2.34. The van der Waals surface area contributed by atoms with E-state index in [0.29, 0.717) is 0 Å². The van der Waals surface area contributed by atoms with E-state index in [1.807, 2.05) is 0 Å². The van der Waals surface area contributed by atoms with Gasteiger partial charge in [-0.1, -0.05) is 12.1 Å². The highest BCUT2D eigenvalue weighted by Crippen LogP contribution is 2.16. The zero-order valence-corrected chi connectivity index (χ0v) is 12.9. The van der Waals surface area contributed by atoms with Gasteiger partial charge in [-0.15, -0.1) is 0 Å². The smallest absolute Gasteiger partial charge is 0.332 e. The lowest BCUT2D eigenvalue weighted by Gasteiger charge is -2.07. The monoisotopic (exact) mass is 332 g/mol. The number of ether oxygens (including phenoxy) is 1. The van der Waals surface area contributed by atoms with Crippen LogP contribution in [0, 0.1) is 5.82 Å². The van der Waals surface area contributed by atoms with Gasteiger partial charge in [0.15, 0.2) is 22.7 Å². The van der Waals surface area contributed by atoms with E-state index in [0.717, 1.165) is 4.57 Å². The van der Waals surface area contributed by atoms with E-state index in [9.17, 15) is 18.8 Å². The van der Waals surface area contributed by atoms with Crippen molar-refractivity contribution in [2.45, 2.75) is 6.54 Å². The zero-order chi connectivity index (χ0) is 17.4. The lowest BCUT2D eigenvalue weighted by molar-refractivity contribution is -0.135. The van der Waals surface area contributed by atoms with Crippen molar-refractivity contribution in [1.29, 1.82) is 0 Å². The van der Waals surface area contributed by atoms with Gasteiger partial charge in [0.2, 0.25) is 0 Å². The summed E-state index contributed by atoms with van der Waals surface area (Å²) in [4.78, 5) is 40.1. The summed E-state index contributed by atoms with van der Waals surface area (Å²) in [7, 11) is 2.80. The predicted molar refractivity (Wildman–Crippen MR) is 82.3 cm³/mol. The minimum atomic E-state index is -0.768. The Morgan fingerprint density at radius 3 is 2.62 bits per heavy atom. The number of fused-ring (bicyclic) bond motifs is 1. The van der Waals surface area contributed by atoms with Crippen molar-refractivity contribution in [2.75, 3.05) is 0 Å². The van der Waals surface area contributed by atoms with E-state index in [1.54, 1.807) is 0 Å². The number of benzene rings is 1. The SMILES string of the molecule is Cn1c(=O)c2c(ncn2CC(=O)Oc2ccccc2F)n(C)c1=O. The summed E-state index contributed by atoms with van der Waals surface area (Å²) >= 11 is 0. The molecule has 8 nitrogen and oxygen atoms in total. The maximum absolute atomic E-state index is 13.5. The molecule has 0 unspecified atom stereocenters. The molecule has 2 aromatic heterocycles. The van der Waals surface area contributed by atoms with E-state index in [1.165, 1.54) is 53.8 Å². The summed E-state index contributed by atoms with van der Waals surface area (Å²) in [6.45, 7) is -0.349. The van der Waals surface area contributed by atoms with Crippen molar-refractivity contribution in [3.63, 3.8) is 0 Å². The van der Waals surface area contributed by atoms with Gasteiger partial charge < -0.3 is 9.30 Å². The van der Waals surface area contributed by atoms with Crippen molar-refractivity contribution in [3.8, 4) is 5.75 Å². The summed E-state index contributed by atoms with van der Waals surface area (Å²) in [5, 5.41) is 0. The van der Waals surface area contributed by atoms with Crippen molar-refractivity contribution in [1.82, 2.24) is 18.7 Å². The number of esters is 1. The molecule has 0 amide bonds. The van der Waals surface area contributed by atoms with E-state index in [-0.39, 0.29) is 23.5 Å². The normalized spacial score (nSPS) is 11.0. The Labute approximate surface area is 134 Å². The molecule has 24 heavy (non-hydrogen) atoms. The molecule has 9 heteroatoms. The Morgan fingerprint density at radius 1 is 1.21 bits per heavy atom. The van der Waals surface area contributed by atoms with Crippen LogP contribution in [0.25, 0.3) is 11.2 Å². The first-order valence-corrected chi connectivity index (χ1v) is 6.96. The first-order chi connectivity index (χ1) is 11.4. The molecular formula is C15H13FN4O4. The molecule has 0 aliphatic rings. The Kier molecular flexibility index (Phi) is 3.76. The molecule has 2 heterocycles. The van der Waals surface area contributed by atoms with Gasteiger partial charge in [-0.25, -0.2) is 19.0 Å². The quantitative estimate of drug-likeness (QED) is 0.504. The van der Waals surface area contributed by atoms with Crippen LogP contribution in [0.3, 0.4) is 0 Å². The Bertz CT molecular complexity index is 1060. The third-order valence-electron chi connectivity index (χ3n) is 3.58. The number of carbonyl (C=O) groups is 1. The van der Waals surface area contributed by atoms with Crippen LogP contribution < -0.4 is 16.0 Å². The van der Waals surface area contributed by atoms with Gasteiger partial charge in [-0.2, -0.15) is 0 Å². The molecule has 0 radical (unpaired) electrons. The van der Waals surface area contributed by atoms with Crippen LogP contribution in [0.4, 0.5) is 4.39 Å². The number of imidazole rings is 1. The number of para-hydroxylation sites is 1. The molecule has 0 aliphatic carbocycles. The molecule has 0 aliphatic heterocycles. The van der Waals surface area contributed by atoms with Crippen molar-refractivity contribution >= 4 is 17.1 Å². The van der Waals surface area contributed by atoms with Gasteiger partial charge in [0.05, 0.1) is 6.33 Å². The molecule has 1 aromatic carbocycles. The summed E-state index contributed by atoms with van der Waals surface area (Å²) in [6, 6.07) is 5.49. The average molecular weight is 332 g/mol. The third-order valence-corrected chi connectivity index (χ3v) is 3.58. The van der Waals surface area contributed by atoms with Crippen molar-refractivity contribution in [2.24, 2.45) is 14.1 Å². The second-order valence-corrected chi connectivity index (χ2v) is 5.15. The number of halogens is 1. The summed E-state index contributed by atoms with van der Waals surface area (Å²) in [6.07, 6.45) is 1.26. The second kappa shape index (κ2) is 5.76. The second-order valence-electron chi connectivity index (χ2n) is 5.15. The molecule has 3 aromatic rings. The lowest BCUT2D eigenvalue weighted by Crippen LogP contribution is -2.37. The predicted octanol–water partition coefficient (Wildman–Crippen LogP) is 0.178. The van der Waals surface area contributed by atoms with Gasteiger partial charge in [0.25, 0.3) is 5.56 Å². The van der Waals surface area contributed by atoms with Gasteiger partial charge >= 0.3 is 11.7 Å². The highest BCUT2D eigenvalue weighted by atomic mass is 19.1. The van der Waals surface area contributed by atoms with Gasteiger partial charge in [-0.3, -0.25) is 13.9 Å². The molecule has 0 saturated carbocycles.